The number of guanidine groups is 1. The first-order valence-corrected chi connectivity index (χ1v) is 9.32. The lowest BCUT2D eigenvalue weighted by Gasteiger charge is -2.12. The highest BCUT2D eigenvalue weighted by Crippen LogP contribution is 2.20. The van der Waals surface area contributed by atoms with Crippen molar-refractivity contribution in [3.05, 3.63) is 40.0 Å². The van der Waals surface area contributed by atoms with E-state index < -0.39 is 12.8 Å². The van der Waals surface area contributed by atoms with Crippen molar-refractivity contribution in [2.45, 2.75) is 39.5 Å². The maximum atomic E-state index is 12.4. The Morgan fingerprint density at radius 3 is 2.68 bits per heavy atom. The van der Waals surface area contributed by atoms with Gasteiger partial charge in [-0.15, -0.1) is 35.3 Å². The quantitative estimate of drug-likeness (QED) is 0.308. The highest BCUT2D eigenvalue weighted by molar-refractivity contribution is 14.0. The van der Waals surface area contributed by atoms with Crippen molar-refractivity contribution in [3.63, 3.8) is 0 Å². The van der Waals surface area contributed by atoms with Crippen molar-refractivity contribution in [1.29, 1.82) is 0 Å². The molecule has 2 rings (SSSR count). The summed E-state index contributed by atoms with van der Waals surface area (Å²) in [6.07, 6.45) is -0.241. The van der Waals surface area contributed by atoms with Crippen LogP contribution in [0.2, 0.25) is 0 Å². The minimum atomic E-state index is -4.42. The number of rotatable bonds is 8. The number of alkyl halides is 3. The van der Waals surface area contributed by atoms with E-state index >= 15 is 0 Å². The second-order valence-electron chi connectivity index (χ2n) is 5.49. The molecule has 0 radical (unpaired) electrons. The van der Waals surface area contributed by atoms with Gasteiger partial charge in [0.15, 0.2) is 12.6 Å². The fraction of sp³-hybridized carbons (Fsp3) is 0.471. The van der Waals surface area contributed by atoms with Crippen molar-refractivity contribution < 1.29 is 17.9 Å². The normalized spacial score (nSPS) is 11.7. The van der Waals surface area contributed by atoms with Crippen LogP contribution in [0.15, 0.2) is 29.5 Å². The zero-order valence-electron chi connectivity index (χ0n) is 15.5. The van der Waals surface area contributed by atoms with Crippen molar-refractivity contribution in [3.8, 4) is 5.88 Å². The maximum Gasteiger partial charge on any atom is 0.422 e. The first-order valence-electron chi connectivity index (χ1n) is 8.50. The molecule has 0 saturated heterocycles. The Morgan fingerprint density at radius 1 is 1.25 bits per heavy atom. The molecular weight excluding hydrogens is 506 g/mol. The van der Waals surface area contributed by atoms with Gasteiger partial charge >= 0.3 is 6.18 Å². The predicted molar refractivity (Wildman–Crippen MR) is 114 cm³/mol. The molecule has 2 heterocycles. The van der Waals surface area contributed by atoms with Gasteiger partial charge in [0.1, 0.15) is 5.01 Å². The summed E-state index contributed by atoms with van der Waals surface area (Å²) in [4.78, 5) is 13.8. The summed E-state index contributed by atoms with van der Waals surface area (Å²) in [7, 11) is 0. The second kappa shape index (κ2) is 12.0. The van der Waals surface area contributed by atoms with Crippen LogP contribution in [-0.2, 0) is 19.5 Å². The van der Waals surface area contributed by atoms with Gasteiger partial charge in [-0.05, 0) is 19.4 Å². The smallest absolute Gasteiger partial charge is 0.422 e. The van der Waals surface area contributed by atoms with Gasteiger partial charge in [-0.3, -0.25) is 0 Å². The molecule has 156 valence electrons. The first kappa shape index (κ1) is 24.4. The van der Waals surface area contributed by atoms with E-state index in [0.29, 0.717) is 24.6 Å². The Balaban J connectivity index is 0.00000392. The molecule has 2 N–H and O–H groups in total. The number of hydrogen-bond acceptors (Lipinski definition) is 5. The number of nitrogens with zero attached hydrogens (tertiary/aromatic N) is 3. The molecule has 6 nitrogen and oxygen atoms in total. The van der Waals surface area contributed by atoms with E-state index in [2.05, 4.69) is 32.5 Å². The number of aromatic nitrogens is 2. The number of thiazole rings is 1. The minimum absolute atomic E-state index is 0. The number of aryl methyl sites for hydroxylation is 1. The molecular formula is C17H23F3IN5OS. The monoisotopic (exact) mass is 529 g/mol. The molecule has 0 saturated carbocycles. The number of ether oxygens (including phenoxy) is 1. The van der Waals surface area contributed by atoms with E-state index in [1.807, 2.05) is 13.1 Å². The summed E-state index contributed by atoms with van der Waals surface area (Å²) in [6.45, 7) is 3.91. The van der Waals surface area contributed by atoms with E-state index in [1.54, 1.807) is 23.5 Å². The van der Waals surface area contributed by atoms with Gasteiger partial charge in [0.05, 0.1) is 13.1 Å². The van der Waals surface area contributed by atoms with Crippen molar-refractivity contribution in [2.24, 2.45) is 4.99 Å². The Bertz CT molecular complexity index is 754. The largest absolute Gasteiger partial charge is 0.468 e. The van der Waals surface area contributed by atoms with E-state index in [4.69, 9.17) is 4.74 Å². The molecule has 2 aromatic rings. The Labute approximate surface area is 183 Å². The van der Waals surface area contributed by atoms with E-state index in [-0.39, 0.29) is 36.4 Å². The molecule has 2 aromatic heterocycles. The van der Waals surface area contributed by atoms with E-state index in [1.165, 1.54) is 11.1 Å². The average molecular weight is 529 g/mol. The van der Waals surface area contributed by atoms with Gasteiger partial charge in [0.25, 0.3) is 0 Å². The molecule has 0 aliphatic rings. The number of hydrogen-bond donors (Lipinski definition) is 2. The molecule has 0 aliphatic carbocycles. The van der Waals surface area contributed by atoms with Crippen LogP contribution in [0.5, 0.6) is 5.88 Å². The highest BCUT2D eigenvalue weighted by Gasteiger charge is 2.29. The lowest BCUT2D eigenvalue weighted by atomic mass is 10.3. The predicted octanol–water partition coefficient (Wildman–Crippen LogP) is 3.91. The summed E-state index contributed by atoms with van der Waals surface area (Å²) < 4.78 is 41.9. The van der Waals surface area contributed by atoms with Gasteiger partial charge in [0.2, 0.25) is 5.88 Å². The molecule has 28 heavy (non-hydrogen) atoms. The summed E-state index contributed by atoms with van der Waals surface area (Å²) in [5.41, 5.74) is 0.474. The van der Waals surface area contributed by atoms with Crippen LogP contribution in [-0.4, -0.2) is 35.3 Å². The Morgan fingerprint density at radius 2 is 2.04 bits per heavy atom. The fourth-order valence-corrected chi connectivity index (χ4v) is 2.89. The third kappa shape index (κ3) is 8.59. The third-order valence-electron chi connectivity index (χ3n) is 3.33. The summed E-state index contributed by atoms with van der Waals surface area (Å²) in [5.74, 6) is 0.471. The van der Waals surface area contributed by atoms with Crippen LogP contribution in [0.4, 0.5) is 13.2 Å². The summed E-state index contributed by atoms with van der Waals surface area (Å²) in [5, 5.41) is 7.20. The zero-order chi connectivity index (χ0) is 19.7. The van der Waals surface area contributed by atoms with Gasteiger partial charge in [0, 0.05) is 29.4 Å². The van der Waals surface area contributed by atoms with Crippen LogP contribution in [0, 0.1) is 0 Å². The SMILES string of the molecule is CCNC(=NCc1cccnc1OCC(F)(F)F)NCc1ncc(CC)s1.I. The van der Waals surface area contributed by atoms with Gasteiger partial charge < -0.3 is 15.4 Å². The molecule has 0 spiro atoms. The Hall–Kier alpha value is -1.63. The number of nitrogens with one attached hydrogen (secondary N) is 2. The molecule has 0 bridgehead atoms. The molecule has 11 heteroatoms. The molecule has 0 aliphatic heterocycles. The van der Waals surface area contributed by atoms with Crippen LogP contribution in [0.1, 0.15) is 29.3 Å². The average Bonchev–Trinajstić information content (AvgIpc) is 3.10. The number of pyridine rings is 1. The van der Waals surface area contributed by atoms with E-state index in [9.17, 15) is 13.2 Å². The minimum Gasteiger partial charge on any atom is -0.468 e. The summed E-state index contributed by atoms with van der Waals surface area (Å²) in [6, 6.07) is 3.27. The van der Waals surface area contributed by atoms with Crippen molar-refractivity contribution in [2.75, 3.05) is 13.2 Å². The zero-order valence-corrected chi connectivity index (χ0v) is 18.7. The molecule has 0 aromatic carbocycles. The van der Waals surface area contributed by atoms with Gasteiger partial charge in [-0.2, -0.15) is 13.2 Å². The molecule has 0 amide bonds. The Kier molecular flexibility index (Phi) is 10.5. The molecule has 0 atom stereocenters. The fourth-order valence-electron chi connectivity index (χ4n) is 2.08. The van der Waals surface area contributed by atoms with Crippen LogP contribution in [0.3, 0.4) is 0 Å². The second-order valence-corrected chi connectivity index (χ2v) is 6.69. The maximum absolute atomic E-state index is 12.4. The molecule has 0 fully saturated rings. The summed E-state index contributed by atoms with van der Waals surface area (Å²) >= 11 is 1.63. The van der Waals surface area contributed by atoms with Crippen molar-refractivity contribution >= 4 is 41.3 Å². The van der Waals surface area contributed by atoms with E-state index in [0.717, 1.165) is 11.4 Å². The lowest BCUT2D eigenvalue weighted by molar-refractivity contribution is -0.154. The van der Waals surface area contributed by atoms with Gasteiger partial charge in [-0.25, -0.2) is 15.0 Å². The first-order chi connectivity index (χ1) is 12.9. The molecule has 0 unspecified atom stereocenters. The highest BCUT2D eigenvalue weighted by atomic mass is 127. The van der Waals surface area contributed by atoms with Crippen molar-refractivity contribution in [1.82, 2.24) is 20.6 Å². The van der Waals surface area contributed by atoms with Gasteiger partial charge in [-0.1, -0.05) is 13.0 Å². The lowest BCUT2D eigenvalue weighted by Crippen LogP contribution is -2.36. The third-order valence-corrected chi connectivity index (χ3v) is 4.47. The number of aliphatic imine (C=N–C) groups is 1. The standard InChI is InChI=1S/C17H22F3N5OS.HI/c1-3-13-9-23-14(27-13)10-25-16(21-4-2)24-8-12-6-5-7-22-15(12)26-11-17(18,19)20;/h5-7,9H,3-4,8,10-11H2,1-2H3,(H2,21,24,25);1H. The topological polar surface area (TPSA) is 71.4 Å². The van der Waals surface area contributed by atoms with Crippen LogP contribution >= 0.6 is 35.3 Å². The van der Waals surface area contributed by atoms with Crippen LogP contribution < -0.4 is 15.4 Å². The number of halogens is 4. The van der Waals surface area contributed by atoms with Crippen LogP contribution in [0.25, 0.3) is 0 Å².